The molecule has 0 amide bonds. The zero-order valence-corrected chi connectivity index (χ0v) is 23.2. The van der Waals surface area contributed by atoms with Crippen LogP contribution in [0.4, 0.5) is 0 Å². The van der Waals surface area contributed by atoms with Crippen LogP contribution in [0.5, 0.6) is 0 Å². The molecular weight excluding hydrogens is 440 g/mol. The topological polar surface area (TPSA) is 54.5 Å². The van der Waals surface area contributed by atoms with Gasteiger partial charge in [-0.2, -0.15) is 5.26 Å². The number of nitriles is 1. The smallest absolute Gasteiger partial charge is 0.239 e. The Morgan fingerprint density at radius 3 is 2.33 bits per heavy atom. The first-order valence-corrected chi connectivity index (χ1v) is 13.5. The lowest BCUT2D eigenvalue weighted by Gasteiger charge is -2.29. The van der Waals surface area contributed by atoms with Crippen molar-refractivity contribution in [2.24, 2.45) is 11.8 Å². The molecule has 0 radical (unpaired) electrons. The van der Waals surface area contributed by atoms with Crippen molar-refractivity contribution in [2.45, 2.75) is 74.1 Å². The molecule has 0 spiro atoms. The highest BCUT2D eigenvalue weighted by Crippen LogP contribution is 2.39. The van der Waals surface area contributed by atoms with Crippen molar-refractivity contribution in [1.29, 1.82) is 5.26 Å². The first-order valence-electron chi connectivity index (χ1n) is 13.5. The van der Waals surface area contributed by atoms with Crippen molar-refractivity contribution in [2.75, 3.05) is 0 Å². The van der Waals surface area contributed by atoms with Gasteiger partial charge in [0, 0.05) is 11.0 Å². The number of allylic oxidation sites excluding steroid dienone is 5. The highest BCUT2D eigenvalue weighted by molar-refractivity contribution is 5.91. The summed E-state index contributed by atoms with van der Waals surface area (Å²) in [5.74, 6) is 1.92. The predicted octanol–water partition coefficient (Wildman–Crippen LogP) is 9.08. The number of benzene rings is 2. The quantitative estimate of drug-likeness (QED) is 0.316. The first kappa shape index (κ1) is 28.8. The molecule has 0 aliphatic heterocycles. The molecule has 1 aromatic heterocycles. The van der Waals surface area contributed by atoms with E-state index < -0.39 is 0 Å². The van der Waals surface area contributed by atoms with Gasteiger partial charge in [-0.3, -0.25) is 4.57 Å². The zero-order chi connectivity index (χ0) is 26.7. The van der Waals surface area contributed by atoms with Gasteiger partial charge in [-0.05, 0) is 55.0 Å². The van der Waals surface area contributed by atoms with Gasteiger partial charge in [0.05, 0.1) is 5.69 Å². The van der Waals surface area contributed by atoms with Gasteiger partial charge in [0.25, 0.3) is 0 Å². The predicted molar refractivity (Wildman–Crippen MR) is 154 cm³/mol. The van der Waals surface area contributed by atoms with E-state index in [2.05, 4.69) is 74.0 Å². The summed E-state index contributed by atoms with van der Waals surface area (Å²) in [6.07, 6.45) is 9.00. The molecule has 1 aliphatic carbocycles. The van der Waals surface area contributed by atoms with Crippen LogP contribution in [0.3, 0.4) is 0 Å². The Morgan fingerprint density at radius 2 is 1.67 bits per heavy atom. The SMILES string of the molecule is C=C(CC)CC1C=C(C)C(c2nnc(C#N)n2-c2cccc3ccccc23)=CC1CCC.CC.CC. The van der Waals surface area contributed by atoms with E-state index in [-0.39, 0.29) is 0 Å². The van der Waals surface area contributed by atoms with E-state index in [1.165, 1.54) is 11.1 Å². The molecule has 1 heterocycles. The van der Waals surface area contributed by atoms with E-state index in [0.717, 1.165) is 53.5 Å². The molecule has 0 saturated heterocycles. The summed E-state index contributed by atoms with van der Waals surface area (Å²) >= 11 is 0. The van der Waals surface area contributed by atoms with E-state index in [0.29, 0.717) is 17.7 Å². The molecule has 0 saturated carbocycles. The summed E-state index contributed by atoms with van der Waals surface area (Å²) < 4.78 is 1.92. The second kappa shape index (κ2) is 14.2. The summed E-state index contributed by atoms with van der Waals surface area (Å²) in [5.41, 5.74) is 4.48. The van der Waals surface area contributed by atoms with Gasteiger partial charge in [-0.15, -0.1) is 10.2 Å². The summed E-state index contributed by atoms with van der Waals surface area (Å²) in [4.78, 5) is 0. The molecule has 3 aromatic rings. The minimum atomic E-state index is 0.304. The molecule has 0 bridgehead atoms. The molecule has 190 valence electrons. The lowest BCUT2D eigenvalue weighted by atomic mass is 9.77. The van der Waals surface area contributed by atoms with E-state index in [9.17, 15) is 5.26 Å². The van der Waals surface area contributed by atoms with E-state index >= 15 is 0 Å². The van der Waals surface area contributed by atoms with Crippen LogP contribution in [0, 0.1) is 23.2 Å². The van der Waals surface area contributed by atoms with E-state index in [4.69, 9.17) is 0 Å². The van der Waals surface area contributed by atoms with Crippen LogP contribution in [0.25, 0.3) is 22.0 Å². The number of nitrogens with zero attached hydrogens (tertiary/aromatic N) is 4. The van der Waals surface area contributed by atoms with Gasteiger partial charge >= 0.3 is 0 Å². The third kappa shape index (κ3) is 6.21. The van der Waals surface area contributed by atoms with Crippen LogP contribution in [-0.4, -0.2) is 14.8 Å². The van der Waals surface area contributed by atoms with Crippen molar-refractivity contribution < 1.29 is 0 Å². The van der Waals surface area contributed by atoms with Gasteiger partial charge in [-0.25, -0.2) is 0 Å². The second-order valence-corrected chi connectivity index (χ2v) is 8.65. The van der Waals surface area contributed by atoms with Crippen LogP contribution in [0.2, 0.25) is 0 Å². The van der Waals surface area contributed by atoms with Gasteiger partial charge in [0.2, 0.25) is 5.82 Å². The first-order chi connectivity index (χ1) is 17.6. The maximum atomic E-state index is 9.82. The molecule has 2 aromatic carbocycles. The molecule has 4 rings (SSSR count). The largest absolute Gasteiger partial charge is 0.266 e. The van der Waals surface area contributed by atoms with Crippen molar-refractivity contribution in [3.05, 3.63) is 84.0 Å². The third-order valence-electron chi connectivity index (χ3n) is 6.48. The summed E-state index contributed by atoms with van der Waals surface area (Å²) in [6, 6.07) is 16.6. The third-order valence-corrected chi connectivity index (χ3v) is 6.48. The van der Waals surface area contributed by atoms with Crippen molar-refractivity contribution in [3.8, 4) is 11.8 Å². The van der Waals surface area contributed by atoms with Crippen LogP contribution in [0.15, 0.2) is 72.3 Å². The number of hydrogen-bond acceptors (Lipinski definition) is 3. The number of hydrogen-bond donors (Lipinski definition) is 0. The van der Waals surface area contributed by atoms with Gasteiger partial charge in [0.15, 0.2) is 5.82 Å². The Morgan fingerprint density at radius 1 is 0.972 bits per heavy atom. The highest BCUT2D eigenvalue weighted by atomic mass is 15.3. The Hall–Kier alpha value is -3.45. The Bertz CT molecular complexity index is 1250. The van der Waals surface area contributed by atoms with Gasteiger partial charge in [-0.1, -0.05) is 109 Å². The zero-order valence-electron chi connectivity index (χ0n) is 23.2. The van der Waals surface area contributed by atoms with Crippen LogP contribution >= 0.6 is 0 Å². The molecule has 1 aliphatic rings. The number of fused-ring (bicyclic) bond motifs is 1. The summed E-state index contributed by atoms with van der Waals surface area (Å²) in [6.45, 7) is 18.8. The Kier molecular flexibility index (Phi) is 11.3. The van der Waals surface area contributed by atoms with Crippen molar-refractivity contribution in [1.82, 2.24) is 14.8 Å². The number of rotatable bonds is 7. The summed E-state index contributed by atoms with van der Waals surface area (Å²) in [5, 5.41) is 20.8. The Labute approximate surface area is 218 Å². The maximum Gasteiger partial charge on any atom is 0.239 e. The molecule has 4 nitrogen and oxygen atoms in total. The van der Waals surface area contributed by atoms with Gasteiger partial charge in [0.1, 0.15) is 6.07 Å². The minimum Gasteiger partial charge on any atom is -0.266 e. The Balaban J connectivity index is 0.00000109. The molecule has 0 N–H and O–H groups in total. The average molecular weight is 483 g/mol. The lowest BCUT2D eigenvalue weighted by molar-refractivity contribution is 0.429. The van der Waals surface area contributed by atoms with Crippen LogP contribution in [0.1, 0.15) is 85.8 Å². The number of aromatic nitrogens is 3. The van der Waals surface area contributed by atoms with Gasteiger partial charge < -0.3 is 0 Å². The second-order valence-electron chi connectivity index (χ2n) is 8.65. The highest BCUT2D eigenvalue weighted by Gasteiger charge is 2.27. The van der Waals surface area contributed by atoms with Crippen molar-refractivity contribution >= 4 is 16.3 Å². The molecule has 2 atom stereocenters. The molecule has 36 heavy (non-hydrogen) atoms. The normalized spacial score (nSPS) is 16.5. The molecule has 2 unspecified atom stereocenters. The molecule has 0 fully saturated rings. The van der Waals surface area contributed by atoms with E-state index in [1.54, 1.807) is 0 Å². The van der Waals surface area contributed by atoms with E-state index in [1.807, 2.05) is 56.5 Å². The molecule has 4 heteroatoms. The van der Waals surface area contributed by atoms with Crippen molar-refractivity contribution in [3.63, 3.8) is 0 Å². The minimum absolute atomic E-state index is 0.304. The fraction of sp³-hybridized carbons (Fsp3) is 0.406. The van der Waals surface area contributed by atoms with Crippen LogP contribution in [-0.2, 0) is 0 Å². The maximum absolute atomic E-state index is 9.82. The lowest BCUT2D eigenvalue weighted by Crippen LogP contribution is -2.17. The monoisotopic (exact) mass is 482 g/mol. The fourth-order valence-electron chi connectivity index (χ4n) is 4.74. The van der Waals surface area contributed by atoms with Crippen LogP contribution < -0.4 is 0 Å². The average Bonchev–Trinajstić information content (AvgIpc) is 3.35. The summed E-state index contributed by atoms with van der Waals surface area (Å²) in [7, 11) is 0. The standard InChI is InChI=1S/C28H30N4.2C2H6/c1-5-10-22-17-25(20(4)16-23(22)15-19(3)6-2)28-31-30-27(18-29)32(28)26-14-9-12-21-11-7-8-13-24(21)26;2*1-2/h7-9,11-14,16-17,22-23H,3,5-6,10,15H2,1-2,4H3;2*1-2H3. The molecular formula is C32H42N4. The fourth-order valence-corrected chi connectivity index (χ4v) is 4.74.